The van der Waals surface area contributed by atoms with Crippen molar-refractivity contribution in [3.63, 3.8) is 0 Å². The van der Waals surface area contributed by atoms with Gasteiger partial charge in [-0.1, -0.05) is 36.4 Å². The van der Waals surface area contributed by atoms with Crippen molar-refractivity contribution in [2.45, 2.75) is 19.1 Å². The summed E-state index contributed by atoms with van der Waals surface area (Å²) in [6, 6.07) is 9.56. The zero-order chi connectivity index (χ0) is 12.1. The van der Waals surface area contributed by atoms with Gasteiger partial charge in [-0.05, 0) is 12.0 Å². The van der Waals surface area contributed by atoms with Crippen LogP contribution in [0.2, 0.25) is 0 Å². The molecule has 0 aliphatic rings. The summed E-state index contributed by atoms with van der Waals surface area (Å²) in [6.07, 6.45) is 5.65. The van der Waals surface area contributed by atoms with E-state index in [1.165, 1.54) is 0 Å². The summed E-state index contributed by atoms with van der Waals surface area (Å²) in [5, 5.41) is 10.3. The Hall–Kier alpha value is -1.87. The standard InChI is InChI=1S/C14H16N2O/c1-2-3-10-16-11-9-15-14(16)13(17)12-7-5-4-6-8-12/h2,4-9,11,13,17H,1,3,10H2. The van der Waals surface area contributed by atoms with Gasteiger partial charge in [0.25, 0.3) is 0 Å². The van der Waals surface area contributed by atoms with Crippen molar-refractivity contribution in [3.8, 4) is 0 Å². The molecular formula is C14H16N2O. The molecule has 0 saturated heterocycles. The summed E-state index contributed by atoms with van der Waals surface area (Å²) < 4.78 is 1.96. The van der Waals surface area contributed by atoms with E-state index in [1.54, 1.807) is 6.20 Å². The third kappa shape index (κ3) is 2.63. The molecule has 2 rings (SSSR count). The van der Waals surface area contributed by atoms with Crippen LogP contribution in [0.5, 0.6) is 0 Å². The summed E-state index contributed by atoms with van der Waals surface area (Å²) in [5.41, 5.74) is 0.860. The van der Waals surface area contributed by atoms with Crippen molar-refractivity contribution in [3.05, 3.63) is 66.8 Å². The van der Waals surface area contributed by atoms with Crippen molar-refractivity contribution >= 4 is 0 Å². The minimum Gasteiger partial charge on any atom is -0.380 e. The van der Waals surface area contributed by atoms with E-state index in [4.69, 9.17) is 0 Å². The summed E-state index contributed by atoms with van der Waals surface area (Å²) in [4.78, 5) is 4.22. The minimum absolute atomic E-state index is 0.670. The second-order valence-corrected chi connectivity index (χ2v) is 3.87. The smallest absolute Gasteiger partial charge is 0.142 e. The molecule has 0 aliphatic carbocycles. The second kappa shape index (κ2) is 5.46. The predicted molar refractivity (Wildman–Crippen MR) is 67.5 cm³/mol. The maximum absolute atomic E-state index is 10.3. The van der Waals surface area contributed by atoms with Crippen LogP contribution in [0.3, 0.4) is 0 Å². The van der Waals surface area contributed by atoms with E-state index in [0.717, 1.165) is 18.5 Å². The van der Waals surface area contributed by atoms with E-state index in [-0.39, 0.29) is 0 Å². The molecule has 0 bridgehead atoms. The van der Waals surface area contributed by atoms with Crippen LogP contribution in [0, 0.1) is 0 Å². The minimum atomic E-state index is -0.670. The number of aliphatic hydroxyl groups excluding tert-OH is 1. The Labute approximate surface area is 101 Å². The zero-order valence-electron chi connectivity index (χ0n) is 9.66. The Balaban J connectivity index is 2.22. The van der Waals surface area contributed by atoms with Crippen LogP contribution in [0.4, 0.5) is 0 Å². The molecule has 1 N–H and O–H groups in total. The first-order valence-corrected chi connectivity index (χ1v) is 5.68. The molecule has 1 atom stereocenters. The molecule has 17 heavy (non-hydrogen) atoms. The summed E-state index contributed by atoms with van der Waals surface area (Å²) in [6.45, 7) is 4.49. The summed E-state index contributed by atoms with van der Waals surface area (Å²) in [7, 11) is 0. The number of aliphatic hydroxyl groups is 1. The lowest BCUT2D eigenvalue weighted by atomic mass is 10.1. The monoisotopic (exact) mass is 228 g/mol. The maximum atomic E-state index is 10.3. The van der Waals surface area contributed by atoms with E-state index < -0.39 is 6.10 Å². The molecule has 2 aromatic rings. The number of imidazole rings is 1. The molecule has 1 unspecified atom stereocenters. The van der Waals surface area contributed by atoms with Crippen molar-refractivity contribution in [2.24, 2.45) is 0 Å². The van der Waals surface area contributed by atoms with Crippen LogP contribution in [0.15, 0.2) is 55.4 Å². The topological polar surface area (TPSA) is 38.0 Å². The Bertz CT molecular complexity index is 476. The molecule has 1 heterocycles. The maximum Gasteiger partial charge on any atom is 0.142 e. The van der Waals surface area contributed by atoms with Gasteiger partial charge < -0.3 is 9.67 Å². The molecule has 3 heteroatoms. The number of allylic oxidation sites excluding steroid dienone is 1. The zero-order valence-corrected chi connectivity index (χ0v) is 9.66. The highest BCUT2D eigenvalue weighted by Crippen LogP contribution is 2.20. The van der Waals surface area contributed by atoms with Crippen molar-refractivity contribution in [2.75, 3.05) is 0 Å². The van der Waals surface area contributed by atoms with Crippen LogP contribution in [-0.4, -0.2) is 14.7 Å². The largest absolute Gasteiger partial charge is 0.380 e. The molecule has 3 nitrogen and oxygen atoms in total. The van der Waals surface area contributed by atoms with Crippen LogP contribution in [-0.2, 0) is 6.54 Å². The van der Waals surface area contributed by atoms with Gasteiger partial charge >= 0.3 is 0 Å². The SMILES string of the molecule is C=CCCn1ccnc1C(O)c1ccccc1. The Morgan fingerprint density at radius 1 is 1.35 bits per heavy atom. The Morgan fingerprint density at radius 2 is 2.12 bits per heavy atom. The number of aromatic nitrogens is 2. The van der Waals surface area contributed by atoms with Gasteiger partial charge in [-0.3, -0.25) is 0 Å². The Morgan fingerprint density at radius 3 is 2.82 bits per heavy atom. The van der Waals surface area contributed by atoms with E-state index >= 15 is 0 Å². The number of hydrogen-bond donors (Lipinski definition) is 1. The van der Waals surface area contributed by atoms with E-state index in [1.807, 2.05) is 47.2 Å². The number of benzene rings is 1. The van der Waals surface area contributed by atoms with E-state index in [9.17, 15) is 5.11 Å². The van der Waals surface area contributed by atoms with Gasteiger partial charge in [0.05, 0.1) is 0 Å². The van der Waals surface area contributed by atoms with Gasteiger partial charge in [0.15, 0.2) is 0 Å². The molecule has 0 amide bonds. The number of hydrogen-bond acceptors (Lipinski definition) is 2. The molecule has 1 aromatic heterocycles. The molecule has 0 radical (unpaired) electrons. The normalized spacial score (nSPS) is 12.3. The third-order valence-electron chi connectivity index (χ3n) is 2.68. The van der Waals surface area contributed by atoms with Crippen molar-refractivity contribution in [1.82, 2.24) is 9.55 Å². The van der Waals surface area contributed by atoms with Crippen molar-refractivity contribution < 1.29 is 5.11 Å². The van der Waals surface area contributed by atoms with Gasteiger partial charge in [0.2, 0.25) is 0 Å². The molecular weight excluding hydrogens is 212 g/mol. The predicted octanol–water partition coefficient (Wildman–Crippen LogP) is 2.54. The third-order valence-corrected chi connectivity index (χ3v) is 2.68. The van der Waals surface area contributed by atoms with Crippen LogP contribution in [0.1, 0.15) is 23.9 Å². The summed E-state index contributed by atoms with van der Waals surface area (Å²) >= 11 is 0. The lowest BCUT2D eigenvalue weighted by molar-refractivity contribution is 0.204. The first-order valence-electron chi connectivity index (χ1n) is 5.68. The average Bonchev–Trinajstić information content (AvgIpc) is 2.84. The van der Waals surface area contributed by atoms with Gasteiger partial charge in [-0.2, -0.15) is 0 Å². The van der Waals surface area contributed by atoms with Crippen LogP contribution < -0.4 is 0 Å². The fourth-order valence-corrected chi connectivity index (χ4v) is 1.77. The van der Waals surface area contributed by atoms with Gasteiger partial charge in [-0.25, -0.2) is 4.98 Å². The van der Waals surface area contributed by atoms with Gasteiger partial charge in [0, 0.05) is 18.9 Å². The molecule has 0 spiro atoms. The lowest BCUT2D eigenvalue weighted by Crippen LogP contribution is -2.09. The van der Waals surface area contributed by atoms with E-state index in [2.05, 4.69) is 11.6 Å². The molecule has 0 aliphatic heterocycles. The highest BCUT2D eigenvalue weighted by Gasteiger charge is 2.15. The number of nitrogens with zero attached hydrogens (tertiary/aromatic N) is 2. The van der Waals surface area contributed by atoms with Gasteiger partial charge in [0.1, 0.15) is 11.9 Å². The first-order chi connectivity index (χ1) is 8.33. The van der Waals surface area contributed by atoms with Crippen LogP contribution in [0.25, 0.3) is 0 Å². The van der Waals surface area contributed by atoms with Crippen molar-refractivity contribution in [1.29, 1.82) is 0 Å². The van der Waals surface area contributed by atoms with Crippen LogP contribution >= 0.6 is 0 Å². The number of aryl methyl sites for hydroxylation is 1. The average molecular weight is 228 g/mol. The highest BCUT2D eigenvalue weighted by molar-refractivity contribution is 5.22. The van der Waals surface area contributed by atoms with Gasteiger partial charge in [-0.15, -0.1) is 6.58 Å². The lowest BCUT2D eigenvalue weighted by Gasteiger charge is -2.12. The summed E-state index contributed by atoms with van der Waals surface area (Å²) in [5.74, 6) is 0.679. The molecule has 88 valence electrons. The van der Waals surface area contributed by atoms with E-state index in [0.29, 0.717) is 5.82 Å². The Kier molecular flexibility index (Phi) is 3.73. The quantitative estimate of drug-likeness (QED) is 0.799. The first kappa shape index (κ1) is 11.6. The highest BCUT2D eigenvalue weighted by atomic mass is 16.3. The molecule has 0 saturated carbocycles. The molecule has 1 aromatic carbocycles. The fraction of sp³-hybridized carbons (Fsp3) is 0.214. The second-order valence-electron chi connectivity index (χ2n) is 3.87. The fourth-order valence-electron chi connectivity index (χ4n) is 1.77. The number of rotatable bonds is 5. The molecule has 0 fully saturated rings.